The molecule has 0 aromatic carbocycles. The van der Waals surface area contributed by atoms with Gasteiger partial charge in [-0.25, -0.2) is 0 Å². The molecule has 0 bridgehead atoms. The predicted octanol–water partition coefficient (Wildman–Crippen LogP) is 3.96. The van der Waals surface area contributed by atoms with E-state index >= 15 is 0 Å². The minimum Gasteiger partial charge on any atom is -0.466 e. The summed E-state index contributed by atoms with van der Waals surface area (Å²) in [4.78, 5) is 2.63. The number of likely N-dealkylation sites (tertiary alicyclic amines) is 1. The Bertz CT molecular complexity index is 344. The summed E-state index contributed by atoms with van der Waals surface area (Å²) in [6.45, 7) is 9.14. The lowest BCUT2D eigenvalue weighted by Gasteiger charge is -2.33. The van der Waals surface area contributed by atoms with Gasteiger partial charge in [-0.1, -0.05) is 13.3 Å². The first-order valence-electron chi connectivity index (χ1n) is 6.97. The molecule has 1 saturated heterocycles. The van der Waals surface area contributed by atoms with Crippen LogP contribution in [0.5, 0.6) is 0 Å². The molecular weight excluding hydrogens is 210 g/mol. The summed E-state index contributed by atoms with van der Waals surface area (Å²) in [5.41, 5.74) is 0. The maximum Gasteiger partial charge on any atom is 0.107 e. The third-order valence-corrected chi connectivity index (χ3v) is 4.04. The molecule has 0 aliphatic carbocycles. The van der Waals surface area contributed by atoms with Crippen molar-refractivity contribution in [2.75, 3.05) is 13.1 Å². The molecule has 0 radical (unpaired) electrons. The van der Waals surface area contributed by atoms with Crippen molar-refractivity contribution in [3.05, 3.63) is 23.7 Å². The van der Waals surface area contributed by atoms with E-state index in [2.05, 4.69) is 30.9 Å². The van der Waals surface area contributed by atoms with Crippen LogP contribution >= 0.6 is 0 Å². The maximum atomic E-state index is 5.69. The third kappa shape index (κ3) is 3.35. The van der Waals surface area contributed by atoms with Crippen LogP contribution in [-0.2, 0) is 0 Å². The van der Waals surface area contributed by atoms with Gasteiger partial charge < -0.3 is 9.32 Å². The van der Waals surface area contributed by atoms with Gasteiger partial charge in [0.2, 0.25) is 0 Å². The Kier molecular flexibility index (Phi) is 4.27. The van der Waals surface area contributed by atoms with Gasteiger partial charge in [0, 0.05) is 12.0 Å². The Labute approximate surface area is 105 Å². The summed E-state index contributed by atoms with van der Waals surface area (Å²) in [5.74, 6) is 2.71. The van der Waals surface area contributed by atoms with Crippen molar-refractivity contribution < 1.29 is 4.42 Å². The zero-order valence-electron chi connectivity index (χ0n) is 11.4. The highest BCUT2D eigenvalue weighted by atomic mass is 16.3. The van der Waals surface area contributed by atoms with Gasteiger partial charge in [-0.15, -0.1) is 0 Å². The Morgan fingerprint density at radius 3 is 2.88 bits per heavy atom. The molecule has 1 aliphatic rings. The summed E-state index contributed by atoms with van der Waals surface area (Å²) in [6, 6.07) is 4.96. The van der Waals surface area contributed by atoms with Crippen molar-refractivity contribution >= 4 is 0 Å². The first kappa shape index (κ1) is 12.7. The Hall–Kier alpha value is -0.760. The Balaban J connectivity index is 1.81. The van der Waals surface area contributed by atoms with E-state index in [0.717, 1.165) is 17.6 Å². The highest BCUT2D eigenvalue weighted by Gasteiger charge is 2.19. The third-order valence-electron chi connectivity index (χ3n) is 4.04. The lowest BCUT2D eigenvalue weighted by Crippen LogP contribution is -2.38. The second kappa shape index (κ2) is 5.72. The van der Waals surface area contributed by atoms with Crippen LogP contribution in [0, 0.1) is 6.92 Å². The van der Waals surface area contributed by atoms with Crippen molar-refractivity contribution in [3.63, 3.8) is 0 Å². The van der Waals surface area contributed by atoms with Gasteiger partial charge in [-0.3, -0.25) is 0 Å². The van der Waals surface area contributed by atoms with E-state index in [4.69, 9.17) is 4.42 Å². The molecule has 2 heterocycles. The van der Waals surface area contributed by atoms with Crippen LogP contribution in [0.3, 0.4) is 0 Å². The number of hydrogen-bond donors (Lipinski definition) is 0. The van der Waals surface area contributed by atoms with E-state index in [-0.39, 0.29) is 0 Å². The van der Waals surface area contributed by atoms with Crippen LogP contribution in [0.25, 0.3) is 0 Å². The molecule has 96 valence electrons. The molecule has 1 fully saturated rings. The zero-order chi connectivity index (χ0) is 12.3. The van der Waals surface area contributed by atoms with Crippen molar-refractivity contribution in [3.8, 4) is 0 Å². The fourth-order valence-electron chi connectivity index (χ4n) is 2.71. The van der Waals surface area contributed by atoms with Crippen molar-refractivity contribution in [1.29, 1.82) is 0 Å². The van der Waals surface area contributed by atoms with Gasteiger partial charge in [0.05, 0.1) is 0 Å². The number of aryl methyl sites for hydroxylation is 1. The fraction of sp³-hybridized carbons (Fsp3) is 0.733. The topological polar surface area (TPSA) is 16.4 Å². The van der Waals surface area contributed by atoms with Crippen LogP contribution in [0.15, 0.2) is 16.5 Å². The molecule has 17 heavy (non-hydrogen) atoms. The number of furan rings is 1. The fourth-order valence-corrected chi connectivity index (χ4v) is 2.71. The first-order valence-corrected chi connectivity index (χ1v) is 6.97. The number of rotatable bonds is 4. The van der Waals surface area contributed by atoms with Gasteiger partial charge >= 0.3 is 0 Å². The minimum absolute atomic E-state index is 0.540. The summed E-state index contributed by atoms with van der Waals surface area (Å²) in [7, 11) is 0. The summed E-state index contributed by atoms with van der Waals surface area (Å²) >= 11 is 0. The molecule has 1 aliphatic heterocycles. The smallest absolute Gasteiger partial charge is 0.107 e. The molecule has 0 unspecified atom stereocenters. The van der Waals surface area contributed by atoms with E-state index in [1.807, 2.05) is 6.92 Å². The Morgan fingerprint density at radius 1 is 1.41 bits per heavy atom. The van der Waals surface area contributed by atoms with Crippen molar-refractivity contribution in [2.45, 2.75) is 58.4 Å². The molecule has 2 atom stereocenters. The van der Waals surface area contributed by atoms with Crippen molar-refractivity contribution in [1.82, 2.24) is 4.90 Å². The van der Waals surface area contributed by atoms with Gasteiger partial charge in [0.1, 0.15) is 11.5 Å². The lowest BCUT2D eigenvalue weighted by atomic mass is 10.0. The van der Waals surface area contributed by atoms with E-state index in [1.54, 1.807) is 0 Å². The van der Waals surface area contributed by atoms with Crippen molar-refractivity contribution in [2.24, 2.45) is 0 Å². The summed E-state index contributed by atoms with van der Waals surface area (Å²) in [6.07, 6.45) is 5.36. The van der Waals surface area contributed by atoms with E-state index in [9.17, 15) is 0 Å². The average molecular weight is 235 g/mol. The maximum absolute atomic E-state index is 5.69. The minimum atomic E-state index is 0.540. The normalized spacial score (nSPS) is 23.8. The molecule has 0 amide bonds. The van der Waals surface area contributed by atoms with Gasteiger partial charge in [-0.2, -0.15) is 0 Å². The van der Waals surface area contributed by atoms with Crippen LogP contribution < -0.4 is 0 Å². The van der Waals surface area contributed by atoms with Crippen LogP contribution in [-0.4, -0.2) is 24.0 Å². The summed E-state index contributed by atoms with van der Waals surface area (Å²) in [5, 5.41) is 0. The molecule has 2 rings (SSSR count). The zero-order valence-corrected chi connectivity index (χ0v) is 11.4. The second-order valence-corrected chi connectivity index (χ2v) is 5.52. The van der Waals surface area contributed by atoms with Gasteiger partial charge in [-0.05, 0) is 58.3 Å². The lowest BCUT2D eigenvalue weighted by molar-refractivity contribution is 0.155. The van der Waals surface area contributed by atoms with E-state index < -0.39 is 0 Å². The van der Waals surface area contributed by atoms with E-state index in [0.29, 0.717) is 5.92 Å². The predicted molar refractivity (Wildman–Crippen MR) is 71.4 cm³/mol. The standard InChI is InChI=1S/C15H25NO/c1-12(15-8-7-14(3)17-15)9-11-16-10-5-4-6-13(16)2/h7-8,12-13H,4-6,9-11H2,1-3H3/t12-,13+/m1/s1. The van der Waals surface area contributed by atoms with Crippen LogP contribution in [0.4, 0.5) is 0 Å². The molecule has 1 aromatic heterocycles. The highest BCUT2D eigenvalue weighted by molar-refractivity contribution is 5.09. The van der Waals surface area contributed by atoms with Crippen LogP contribution in [0.1, 0.15) is 57.0 Å². The highest BCUT2D eigenvalue weighted by Crippen LogP contribution is 2.23. The van der Waals surface area contributed by atoms with Crippen LogP contribution in [0.2, 0.25) is 0 Å². The summed E-state index contributed by atoms with van der Waals surface area (Å²) < 4.78 is 5.69. The SMILES string of the molecule is Cc1ccc([C@H](C)CCN2CCCC[C@@H]2C)o1. The molecule has 0 N–H and O–H groups in total. The van der Waals surface area contributed by atoms with Gasteiger partial charge in [0.25, 0.3) is 0 Å². The molecule has 2 nitrogen and oxygen atoms in total. The average Bonchev–Trinajstić information content (AvgIpc) is 2.74. The molecule has 0 spiro atoms. The van der Waals surface area contributed by atoms with Gasteiger partial charge in [0.15, 0.2) is 0 Å². The Morgan fingerprint density at radius 2 is 2.24 bits per heavy atom. The molecular formula is C15H25NO. The molecule has 2 heteroatoms. The molecule has 0 saturated carbocycles. The number of hydrogen-bond acceptors (Lipinski definition) is 2. The second-order valence-electron chi connectivity index (χ2n) is 5.52. The quantitative estimate of drug-likeness (QED) is 0.785. The van der Waals surface area contributed by atoms with E-state index in [1.165, 1.54) is 38.8 Å². The molecule has 1 aromatic rings. The number of nitrogens with zero attached hydrogens (tertiary/aromatic N) is 1. The number of piperidine rings is 1. The largest absolute Gasteiger partial charge is 0.466 e. The first-order chi connectivity index (χ1) is 8.16. The monoisotopic (exact) mass is 235 g/mol.